The summed E-state index contributed by atoms with van der Waals surface area (Å²) < 4.78 is 0. The van der Waals surface area contributed by atoms with Crippen LogP contribution in [0.25, 0.3) is 34.4 Å². The van der Waals surface area contributed by atoms with Gasteiger partial charge in [0.25, 0.3) is 0 Å². The van der Waals surface area contributed by atoms with Crippen molar-refractivity contribution in [2.75, 3.05) is 16.3 Å². The molecule has 9 aromatic rings. The number of hydrogen-bond donors (Lipinski definition) is 0. The zero-order valence-corrected chi connectivity index (χ0v) is 38.9. The van der Waals surface area contributed by atoms with E-state index in [-0.39, 0.29) is 5.41 Å². The van der Waals surface area contributed by atoms with E-state index in [1.807, 2.05) is 11.8 Å². The Labute approximate surface area is 398 Å². The summed E-state index contributed by atoms with van der Waals surface area (Å²) in [5.41, 5.74) is 24.0. The first-order chi connectivity index (χ1) is 32.9. The summed E-state index contributed by atoms with van der Waals surface area (Å²) in [4.78, 5) is 7.55. The molecule has 0 spiro atoms. The molecule has 3 heteroatoms. The molecule has 13 rings (SSSR count). The number of hydrogen-bond acceptors (Lipinski definition) is 3. The van der Waals surface area contributed by atoms with Crippen LogP contribution in [0.4, 0.5) is 28.4 Å². The van der Waals surface area contributed by atoms with Crippen molar-refractivity contribution in [2.24, 2.45) is 0 Å². The zero-order valence-electron chi connectivity index (χ0n) is 38.1. The molecule has 2 heterocycles. The second-order valence-electron chi connectivity index (χ2n) is 19.2. The highest BCUT2D eigenvalue weighted by Crippen LogP contribution is 2.59. The van der Waals surface area contributed by atoms with Crippen LogP contribution in [0.1, 0.15) is 75.9 Å². The maximum atomic E-state index is 2.55. The van der Waals surface area contributed by atoms with Crippen molar-refractivity contribution in [3.63, 3.8) is 0 Å². The molecule has 9 aromatic carbocycles. The van der Waals surface area contributed by atoms with E-state index in [9.17, 15) is 0 Å². The van der Waals surface area contributed by atoms with E-state index in [1.165, 1.54) is 116 Å². The standard InChI is InChI=1S/C64H50N2S/c1-42-16-7-9-21-53(42)64(46-19-5-4-6-20-46)56-39-44(30-34-51(56)52-35-31-47(40-57(52)64)65-37-15-18-45-17-8-10-22-58(45)65)28-27-43-29-33-49-50-36-32-48(41-55(50)63(2,3)54(49)38-43)66-59-23-11-13-25-61(59)67-62-26-14-12-24-60(62)66/h4-14,16-17,19-36,38-41H,15,18,37H2,1-3H3/b28-27+. The lowest BCUT2D eigenvalue weighted by atomic mass is 9.66. The Morgan fingerprint density at radius 2 is 0.985 bits per heavy atom. The highest BCUT2D eigenvalue weighted by atomic mass is 32.2. The van der Waals surface area contributed by atoms with Gasteiger partial charge in [0.15, 0.2) is 0 Å². The summed E-state index contributed by atoms with van der Waals surface area (Å²) in [6.07, 6.45) is 6.91. The van der Waals surface area contributed by atoms with E-state index in [2.05, 4.69) is 243 Å². The maximum absolute atomic E-state index is 2.55. The molecule has 4 aliphatic rings. The molecule has 1 atom stereocenters. The molecule has 0 radical (unpaired) electrons. The molecule has 0 N–H and O–H groups in total. The SMILES string of the molecule is Cc1ccccc1C1(c2ccccc2)c2cc(/C=C/c3ccc4c(c3)C(C)(C)c3cc(N5c6ccccc6Sc6ccccc65)ccc3-4)ccc2-c2ccc(N3CCCc4ccccc43)cc21. The van der Waals surface area contributed by atoms with E-state index < -0.39 is 5.41 Å². The average Bonchev–Trinajstić information content (AvgIpc) is 3.78. The Balaban J connectivity index is 0.891. The predicted molar refractivity (Wildman–Crippen MR) is 282 cm³/mol. The van der Waals surface area contributed by atoms with Crippen LogP contribution in [-0.2, 0) is 17.3 Å². The molecule has 67 heavy (non-hydrogen) atoms. The van der Waals surface area contributed by atoms with Gasteiger partial charge in [0.1, 0.15) is 0 Å². The van der Waals surface area contributed by atoms with Gasteiger partial charge in [-0.2, -0.15) is 0 Å². The van der Waals surface area contributed by atoms with E-state index >= 15 is 0 Å². The van der Waals surface area contributed by atoms with Crippen LogP contribution in [-0.4, -0.2) is 6.54 Å². The van der Waals surface area contributed by atoms with E-state index in [0.29, 0.717) is 0 Å². The summed E-state index contributed by atoms with van der Waals surface area (Å²) >= 11 is 1.86. The number of fused-ring (bicyclic) bond motifs is 9. The van der Waals surface area contributed by atoms with Gasteiger partial charge in [0.05, 0.1) is 16.8 Å². The number of rotatable bonds is 6. The molecule has 1 unspecified atom stereocenters. The summed E-state index contributed by atoms with van der Waals surface area (Å²) in [5, 5.41) is 0. The van der Waals surface area contributed by atoms with Crippen molar-refractivity contribution in [3.05, 3.63) is 256 Å². The smallest absolute Gasteiger partial charge is 0.0717 e. The van der Waals surface area contributed by atoms with E-state index in [4.69, 9.17) is 0 Å². The topological polar surface area (TPSA) is 6.48 Å². The second-order valence-corrected chi connectivity index (χ2v) is 20.3. The lowest BCUT2D eigenvalue weighted by Crippen LogP contribution is -2.30. The molecule has 0 fully saturated rings. The normalized spacial score (nSPS) is 17.0. The van der Waals surface area contributed by atoms with Crippen molar-refractivity contribution < 1.29 is 0 Å². The van der Waals surface area contributed by atoms with Crippen LogP contribution >= 0.6 is 11.8 Å². The van der Waals surface area contributed by atoms with Crippen LogP contribution in [0.15, 0.2) is 210 Å². The summed E-state index contributed by atoms with van der Waals surface area (Å²) in [5.74, 6) is 0. The van der Waals surface area contributed by atoms with Crippen molar-refractivity contribution in [3.8, 4) is 22.3 Å². The van der Waals surface area contributed by atoms with Gasteiger partial charge < -0.3 is 9.80 Å². The van der Waals surface area contributed by atoms with Crippen LogP contribution in [0.3, 0.4) is 0 Å². The minimum absolute atomic E-state index is 0.175. The molecule has 0 bridgehead atoms. The third kappa shape index (κ3) is 6.11. The summed E-state index contributed by atoms with van der Waals surface area (Å²) in [6.45, 7) is 8.08. The van der Waals surface area contributed by atoms with Crippen molar-refractivity contribution in [2.45, 2.75) is 54.2 Å². The Kier molecular flexibility index (Phi) is 9.17. The van der Waals surface area contributed by atoms with Crippen molar-refractivity contribution in [1.29, 1.82) is 0 Å². The fourth-order valence-corrected chi connectivity index (χ4v) is 13.1. The fourth-order valence-electron chi connectivity index (χ4n) is 12.0. The predicted octanol–water partition coefficient (Wildman–Crippen LogP) is 16.9. The minimum atomic E-state index is -0.508. The number of anilines is 5. The van der Waals surface area contributed by atoms with Gasteiger partial charge in [-0.25, -0.2) is 0 Å². The number of aryl methyl sites for hydroxylation is 2. The number of nitrogens with zero attached hydrogens (tertiary/aromatic N) is 2. The third-order valence-corrected chi connectivity index (χ3v) is 16.3. The molecule has 2 nitrogen and oxygen atoms in total. The Morgan fingerprint density at radius 1 is 0.463 bits per heavy atom. The van der Waals surface area contributed by atoms with Gasteiger partial charge in [-0.1, -0.05) is 177 Å². The van der Waals surface area contributed by atoms with Gasteiger partial charge in [-0.3, -0.25) is 0 Å². The first-order valence-electron chi connectivity index (χ1n) is 23.8. The molecule has 0 saturated heterocycles. The van der Waals surface area contributed by atoms with E-state index in [1.54, 1.807) is 0 Å². The Bertz CT molecular complexity index is 3440. The molecule has 2 aliphatic heterocycles. The lowest BCUT2D eigenvalue weighted by Gasteiger charge is -2.36. The summed E-state index contributed by atoms with van der Waals surface area (Å²) in [7, 11) is 0. The van der Waals surface area contributed by atoms with Gasteiger partial charge in [-0.15, -0.1) is 0 Å². The minimum Gasteiger partial charge on any atom is -0.341 e. The number of benzene rings is 9. The quantitative estimate of drug-likeness (QED) is 0.154. The summed E-state index contributed by atoms with van der Waals surface area (Å²) in [6, 6.07) is 75.4. The highest BCUT2D eigenvalue weighted by Gasteiger charge is 2.47. The molecular formula is C64H50N2S. The number of para-hydroxylation sites is 3. The molecule has 0 saturated carbocycles. The molecule has 0 aromatic heterocycles. The van der Waals surface area contributed by atoms with Gasteiger partial charge in [0.2, 0.25) is 0 Å². The first kappa shape index (κ1) is 40.0. The van der Waals surface area contributed by atoms with Crippen LogP contribution in [0.2, 0.25) is 0 Å². The van der Waals surface area contributed by atoms with Gasteiger partial charge >= 0.3 is 0 Å². The van der Waals surface area contributed by atoms with Crippen LogP contribution in [0.5, 0.6) is 0 Å². The third-order valence-electron chi connectivity index (χ3n) is 15.2. The first-order valence-corrected chi connectivity index (χ1v) is 24.6. The second kappa shape index (κ2) is 15.4. The highest BCUT2D eigenvalue weighted by molar-refractivity contribution is 7.99. The lowest BCUT2D eigenvalue weighted by molar-refractivity contribution is 0.660. The monoisotopic (exact) mass is 878 g/mol. The molecular weight excluding hydrogens is 829 g/mol. The Morgan fingerprint density at radius 3 is 1.69 bits per heavy atom. The molecule has 322 valence electrons. The molecule has 0 amide bonds. The van der Waals surface area contributed by atoms with Crippen molar-refractivity contribution in [1.82, 2.24) is 0 Å². The largest absolute Gasteiger partial charge is 0.341 e. The maximum Gasteiger partial charge on any atom is 0.0717 e. The van der Waals surface area contributed by atoms with E-state index in [0.717, 1.165) is 19.4 Å². The zero-order chi connectivity index (χ0) is 44.9. The van der Waals surface area contributed by atoms with Crippen molar-refractivity contribution >= 4 is 52.4 Å². The average molecular weight is 879 g/mol. The van der Waals surface area contributed by atoms with Gasteiger partial charge in [-0.05, 0) is 158 Å². The fraction of sp³-hybridized carbons (Fsp3) is 0.125. The van der Waals surface area contributed by atoms with Crippen LogP contribution in [0, 0.1) is 6.92 Å². The molecule has 2 aliphatic carbocycles. The Hall–Kier alpha value is -7.33. The van der Waals surface area contributed by atoms with Crippen LogP contribution < -0.4 is 9.80 Å². The van der Waals surface area contributed by atoms with Gasteiger partial charge in [0, 0.05) is 38.8 Å².